The first-order valence-corrected chi connectivity index (χ1v) is 8.49. The molecule has 0 aliphatic rings. The van der Waals surface area contributed by atoms with E-state index in [-0.39, 0.29) is 0 Å². The molecule has 0 spiro atoms. The number of hydrazone groups is 1. The first-order valence-electron chi connectivity index (χ1n) is 7.70. The van der Waals surface area contributed by atoms with Crippen molar-refractivity contribution in [3.63, 3.8) is 0 Å². The van der Waals surface area contributed by atoms with Crippen molar-refractivity contribution in [2.45, 2.75) is 6.61 Å². The Morgan fingerprint density at radius 1 is 1.16 bits per heavy atom. The van der Waals surface area contributed by atoms with Crippen molar-refractivity contribution in [3.8, 4) is 5.75 Å². The summed E-state index contributed by atoms with van der Waals surface area (Å²) in [4.78, 5) is 0. The molecule has 132 valence electrons. The van der Waals surface area contributed by atoms with Gasteiger partial charge in [-0.1, -0.05) is 23.7 Å². The summed E-state index contributed by atoms with van der Waals surface area (Å²) >= 11 is 10.9. The van der Waals surface area contributed by atoms with Gasteiger partial charge in [-0.15, -0.1) is 0 Å². The molecule has 0 radical (unpaired) electrons. The van der Waals surface area contributed by atoms with Crippen LogP contribution in [0.1, 0.15) is 11.1 Å². The van der Waals surface area contributed by atoms with E-state index in [1.54, 1.807) is 13.3 Å². The Kier molecular flexibility index (Phi) is 8.18. The van der Waals surface area contributed by atoms with Crippen molar-refractivity contribution in [2.24, 2.45) is 5.10 Å². The third-order valence-corrected chi connectivity index (χ3v) is 3.66. The molecular weight excluding hydrogens is 358 g/mol. The zero-order chi connectivity index (χ0) is 17.9. The quantitative estimate of drug-likeness (QED) is 0.320. The van der Waals surface area contributed by atoms with Crippen molar-refractivity contribution in [1.29, 1.82) is 0 Å². The minimum atomic E-state index is 0.455. The zero-order valence-electron chi connectivity index (χ0n) is 13.9. The fourth-order valence-electron chi connectivity index (χ4n) is 1.87. The second kappa shape index (κ2) is 10.7. The summed E-state index contributed by atoms with van der Waals surface area (Å²) < 4.78 is 10.7. The molecule has 0 unspecified atom stereocenters. The standard InChI is InChI=1S/C18H20ClN3O2S/c1-23-11-10-20-18(25)22-21-12-14-4-8-17(9-5-14)24-13-15-2-6-16(19)7-3-15/h2-9,12H,10-11,13H2,1H3,(H2,20,22,25)/b21-12-. The maximum Gasteiger partial charge on any atom is 0.187 e. The first kappa shape index (κ1) is 19.2. The van der Waals surface area contributed by atoms with Gasteiger partial charge in [0.05, 0.1) is 12.8 Å². The van der Waals surface area contributed by atoms with Gasteiger partial charge < -0.3 is 14.8 Å². The molecule has 0 aromatic heterocycles. The smallest absolute Gasteiger partial charge is 0.187 e. The molecule has 25 heavy (non-hydrogen) atoms. The lowest BCUT2D eigenvalue weighted by Crippen LogP contribution is -2.34. The first-order chi connectivity index (χ1) is 12.2. The third kappa shape index (κ3) is 7.51. The molecule has 0 fully saturated rings. The summed E-state index contributed by atoms with van der Waals surface area (Å²) in [5, 5.41) is 8.22. The molecule has 0 saturated carbocycles. The van der Waals surface area contributed by atoms with Gasteiger partial charge in [-0.2, -0.15) is 5.10 Å². The second-order valence-electron chi connectivity index (χ2n) is 5.10. The molecule has 0 bridgehead atoms. The van der Waals surface area contributed by atoms with E-state index in [9.17, 15) is 0 Å². The van der Waals surface area contributed by atoms with E-state index in [0.717, 1.165) is 21.9 Å². The van der Waals surface area contributed by atoms with Gasteiger partial charge in [0.2, 0.25) is 0 Å². The molecule has 0 aliphatic heterocycles. The molecule has 0 aliphatic carbocycles. The molecule has 5 nitrogen and oxygen atoms in total. The predicted molar refractivity (Wildman–Crippen MR) is 105 cm³/mol. The zero-order valence-corrected chi connectivity index (χ0v) is 15.4. The van der Waals surface area contributed by atoms with E-state index in [0.29, 0.717) is 24.9 Å². The average Bonchev–Trinajstić information content (AvgIpc) is 2.62. The number of hydrogen-bond acceptors (Lipinski definition) is 4. The van der Waals surface area contributed by atoms with Crippen LogP contribution in [-0.4, -0.2) is 31.6 Å². The maximum atomic E-state index is 5.86. The van der Waals surface area contributed by atoms with Crippen molar-refractivity contribution >= 4 is 35.1 Å². The Balaban J connectivity index is 1.76. The molecule has 0 saturated heterocycles. The number of nitrogens with zero attached hydrogens (tertiary/aromatic N) is 1. The average molecular weight is 378 g/mol. The summed E-state index contributed by atoms with van der Waals surface area (Å²) in [6.45, 7) is 1.72. The van der Waals surface area contributed by atoms with Crippen LogP contribution in [0.3, 0.4) is 0 Å². The molecule has 2 aromatic carbocycles. The topological polar surface area (TPSA) is 54.9 Å². The maximum absolute atomic E-state index is 5.86. The molecule has 0 amide bonds. The minimum Gasteiger partial charge on any atom is -0.489 e. The van der Waals surface area contributed by atoms with Gasteiger partial charge in [-0.3, -0.25) is 5.43 Å². The number of methoxy groups -OCH3 is 1. The van der Waals surface area contributed by atoms with Crippen LogP contribution in [0.2, 0.25) is 5.02 Å². The van der Waals surface area contributed by atoms with Crippen LogP contribution in [-0.2, 0) is 11.3 Å². The van der Waals surface area contributed by atoms with E-state index < -0.39 is 0 Å². The molecule has 2 aromatic rings. The molecule has 7 heteroatoms. The number of hydrogen-bond donors (Lipinski definition) is 2. The van der Waals surface area contributed by atoms with Crippen molar-refractivity contribution < 1.29 is 9.47 Å². The Labute approximate surface area is 158 Å². The van der Waals surface area contributed by atoms with Gasteiger partial charge in [0.15, 0.2) is 5.11 Å². The number of halogens is 1. The largest absolute Gasteiger partial charge is 0.489 e. The highest BCUT2D eigenvalue weighted by atomic mass is 35.5. The van der Waals surface area contributed by atoms with Crippen LogP contribution >= 0.6 is 23.8 Å². The van der Waals surface area contributed by atoms with Crippen molar-refractivity contribution in [2.75, 3.05) is 20.3 Å². The fourth-order valence-corrected chi connectivity index (χ4v) is 2.15. The number of ether oxygens (including phenoxy) is 2. The van der Waals surface area contributed by atoms with Gasteiger partial charge in [0, 0.05) is 18.7 Å². The Hall–Kier alpha value is -2.15. The van der Waals surface area contributed by atoms with Gasteiger partial charge in [0.25, 0.3) is 0 Å². The second-order valence-corrected chi connectivity index (χ2v) is 5.95. The lowest BCUT2D eigenvalue weighted by atomic mass is 10.2. The predicted octanol–water partition coefficient (Wildman–Crippen LogP) is 3.36. The van der Waals surface area contributed by atoms with Gasteiger partial charge in [0.1, 0.15) is 12.4 Å². The van der Waals surface area contributed by atoms with Crippen LogP contribution in [0, 0.1) is 0 Å². The molecular formula is C18H20ClN3O2S. The van der Waals surface area contributed by atoms with E-state index >= 15 is 0 Å². The number of benzene rings is 2. The summed E-state index contributed by atoms with van der Waals surface area (Å²) in [5.41, 5.74) is 4.75. The Morgan fingerprint density at radius 2 is 1.88 bits per heavy atom. The van der Waals surface area contributed by atoms with Crippen LogP contribution in [0.15, 0.2) is 53.6 Å². The highest BCUT2D eigenvalue weighted by Gasteiger charge is 1.97. The lowest BCUT2D eigenvalue weighted by Gasteiger charge is -2.07. The monoisotopic (exact) mass is 377 g/mol. The van der Waals surface area contributed by atoms with Crippen LogP contribution in [0.4, 0.5) is 0 Å². The third-order valence-electron chi connectivity index (χ3n) is 3.17. The van der Waals surface area contributed by atoms with E-state index in [1.807, 2.05) is 48.5 Å². The molecule has 2 rings (SSSR count). The summed E-state index contributed by atoms with van der Waals surface area (Å²) in [5.74, 6) is 0.789. The summed E-state index contributed by atoms with van der Waals surface area (Å²) in [6.07, 6.45) is 1.69. The van der Waals surface area contributed by atoms with Gasteiger partial charge in [-0.05, 0) is 59.7 Å². The van der Waals surface area contributed by atoms with E-state index in [1.165, 1.54) is 0 Å². The van der Waals surface area contributed by atoms with Gasteiger partial charge in [-0.25, -0.2) is 0 Å². The summed E-state index contributed by atoms with van der Waals surface area (Å²) in [6, 6.07) is 15.2. The highest BCUT2D eigenvalue weighted by Crippen LogP contribution is 2.15. The van der Waals surface area contributed by atoms with Crippen LogP contribution < -0.4 is 15.5 Å². The van der Waals surface area contributed by atoms with Crippen molar-refractivity contribution in [1.82, 2.24) is 10.7 Å². The van der Waals surface area contributed by atoms with E-state index in [4.69, 9.17) is 33.3 Å². The number of rotatable bonds is 8. The van der Waals surface area contributed by atoms with Crippen LogP contribution in [0.25, 0.3) is 0 Å². The molecule has 0 heterocycles. The number of nitrogens with one attached hydrogen (secondary N) is 2. The number of thiocarbonyl (C=S) groups is 1. The highest BCUT2D eigenvalue weighted by molar-refractivity contribution is 7.80. The van der Waals surface area contributed by atoms with Crippen molar-refractivity contribution in [3.05, 3.63) is 64.7 Å². The fraction of sp³-hybridized carbons (Fsp3) is 0.222. The minimum absolute atomic E-state index is 0.455. The lowest BCUT2D eigenvalue weighted by molar-refractivity contribution is 0.204. The van der Waals surface area contributed by atoms with Gasteiger partial charge >= 0.3 is 0 Å². The van der Waals surface area contributed by atoms with Crippen LogP contribution in [0.5, 0.6) is 5.75 Å². The molecule has 0 atom stereocenters. The van der Waals surface area contributed by atoms with E-state index in [2.05, 4.69) is 15.8 Å². The Bertz CT molecular complexity index is 690. The normalized spacial score (nSPS) is 10.6. The Morgan fingerprint density at radius 3 is 2.56 bits per heavy atom. The SMILES string of the molecule is COCCNC(=S)N/N=C\c1ccc(OCc2ccc(Cl)cc2)cc1. The molecule has 2 N–H and O–H groups in total. The summed E-state index contributed by atoms with van der Waals surface area (Å²) in [7, 11) is 1.64.